The molecule has 1 aromatic rings. The molecule has 1 saturated carbocycles. The fraction of sp³-hybridized carbons (Fsp3) is 0.500. The molecule has 2 rings (SSSR count). The van der Waals surface area contributed by atoms with Gasteiger partial charge in [0, 0.05) is 6.42 Å². The first-order valence-corrected chi connectivity index (χ1v) is 4.99. The van der Waals surface area contributed by atoms with Crippen LogP contribution in [0.5, 0.6) is 5.75 Å². The first-order valence-electron chi connectivity index (χ1n) is 4.99. The lowest BCUT2D eigenvalue weighted by Crippen LogP contribution is -2.13. The summed E-state index contributed by atoms with van der Waals surface area (Å²) in [6.45, 7) is 2.09. The van der Waals surface area contributed by atoms with Crippen molar-refractivity contribution in [2.24, 2.45) is 5.92 Å². The van der Waals surface area contributed by atoms with E-state index in [2.05, 4.69) is 6.92 Å². The summed E-state index contributed by atoms with van der Waals surface area (Å²) in [7, 11) is 1.66. The Morgan fingerprint density at radius 1 is 1.43 bits per heavy atom. The zero-order valence-electron chi connectivity index (χ0n) is 8.66. The molecule has 1 aliphatic carbocycles. The van der Waals surface area contributed by atoms with E-state index in [1.54, 1.807) is 7.11 Å². The third-order valence-corrected chi connectivity index (χ3v) is 3.09. The van der Waals surface area contributed by atoms with Gasteiger partial charge in [-0.2, -0.15) is 0 Å². The fourth-order valence-electron chi connectivity index (χ4n) is 1.81. The third kappa shape index (κ3) is 1.75. The molecule has 0 aliphatic heterocycles. The van der Waals surface area contributed by atoms with Gasteiger partial charge in [0.2, 0.25) is 0 Å². The minimum absolute atomic E-state index is 0.436. The molecular weight excluding hydrogens is 176 g/mol. The number of methoxy groups -OCH3 is 1. The highest BCUT2D eigenvalue weighted by Crippen LogP contribution is 2.45. The van der Waals surface area contributed by atoms with Crippen molar-refractivity contribution in [2.75, 3.05) is 7.11 Å². The number of hydrogen-bond acceptors (Lipinski definition) is 2. The van der Waals surface area contributed by atoms with Crippen molar-refractivity contribution in [1.82, 2.24) is 0 Å². The molecule has 0 heterocycles. The van der Waals surface area contributed by atoms with E-state index in [1.807, 2.05) is 24.3 Å². The van der Waals surface area contributed by atoms with E-state index in [9.17, 15) is 5.11 Å². The van der Waals surface area contributed by atoms with Crippen LogP contribution in [0.2, 0.25) is 0 Å². The van der Waals surface area contributed by atoms with Gasteiger partial charge in [-0.15, -0.1) is 0 Å². The van der Waals surface area contributed by atoms with Crippen LogP contribution in [-0.2, 0) is 6.42 Å². The van der Waals surface area contributed by atoms with Crippen molar-refractivity contribution in [3.8, 4) is 5.75 Å². The van der Waals surface area contributed by atoms with E-state index >= 15 is 0 Å². The number of benzene rings is 1. The van der Waals surface area contributed by atoms with E-state index in [0.29, 0.717) is 5.92 Å². The van der Waals surface area contributed by atoms with Crippen LogP contribution in [0.1, 0.15) is 18.9 Å². The van der Waals surface area contributed by atoms with Gasteiger partial charge in [0.05, 0.1) is 12.7 Å². The molecule has 0 aromatic heterocycles. The molecule has 1 N–H and O–H groups in total. The van der Waals surface area contributed by atoms with Gasteiger partial charge in [0.1, 0.15) is 5.75 Å². The van der Waals surface area contributed by atoms with Crippen molar-refractivity contribution in [3.63, 3.8) is 0 Å². The Kier molecular flexibility index (Phi) is 2.23. The van der Waals surface area contributed by atoms with Crippen LogP contribution >= 0.6 is 0 Å². The summed E-state index contributed by atoms with van der Waals surface area (Å²) in [6.07, 6.45) is 1.69. The second-order valence-corrected chi connectivity index (χ2v) is 4.23. The van der Waals surface area contributed by atoms with Gasteiger partial charge in [0.15, 0.2) is 0 Å². The van der Waals surface area contributed by atoms with E-state index < -0.39 is 5.60 Å². The first-order chi connectivity index (χ1) is 6.64. The monoisotopic (exact) mass is 192 g/mol. The minimum Gasteiger partial charge on any atom is -0.497 e. The predicted molar refractivity (Wildman–Crippen MR) is 55.4 cm³/mol. The zero-order valence-corrected chi connectivity index (χ0v) is 8.66. The lowest BCUT2D eigenvalue weighted by molar-refractivity contribution is 0.135. The van der Waals surface area contributed by atoms with Gasteiger partial charge in [-0.3, -0.25) is 0 Å². The standard InChI is InChI=1S/C12H16O2/c1-9-7-12(9,13)8-10-3-5-11(14-2)6-4-10/h3-6,9,13H,7-8H2,1-2H3. The Morgan fingerprint density at radius 3 is 2.43 bits per heavy atom. The number of rotatable bonds is 3. The fourth-order valence-corrected chi connectivity index (χ4v) is 1.81. The highest BCUT2D eigenvalue weighted by Gasteiger charge is 2.49. The van der Waals surface area contributed by atoms with Gasteiger partial charge in [-0.05, 0) is 30.0 Å². The summed E-state index contributed by atoms with van der Waals surface area (Å²) in [4.78, 5) is 0. The molecule has 1 aromatic carbocycles. The molecular formula is C12H16O2. The molecule has 0 saturated heterocycles. The highest BCUT2D eigenvalue weighted by molar-refractivity contribution is 5.29. The Morgan fingerprint density at radius 2 is 2.00 bits per heavy atom. The molecule has 2 heteroatoms. The average molecular weight is 192 g/mol. The summed E-state index contributed by atoms with van der Waals surface area (Å²) >= 11 is 0. The van der Waals surface area contributed by atoms with Crippen LogP contribution in [0, 0.1) is 5.92 Å². The van der Waals surface area contributed by atoms with Crippen molar-refractivity contribution in [1.29, 1.82) is 0 Å². The number of ether oxygens (including phenoxy) is 1. The molecule has 76 valence electrons. The van der Waals surface area contributed by atoms with E-state index in [0.717, 1.165) is 18.6 Å². The highest BCUT2D eigenvalue weighted by atomic mass is 16.5. The summed E-state index contributed by atoms with van der Waals surface area (Å²) in [5.74, 6) is 1.31. The average Bonchev–Trinajstić information content (AvgIpc) is 2.75. The molecule has 2 unspecified atom stereocenters. The van der Waals surface area contributed by atoms with Gasteiger partial charge in [-0.1, -0.05) is 19.1 Å². The quantitative estimate of drug-likeness (QED) is 0.793. The van der Waals surface area contributed by atoms with Crippen molar-refractivity contribution < 1.29 is 9.84 Å². The maximum Gasteiger partial charge on any atom is 0.118 e. The van der Waals surface area contributed by atoms with Crippen LogP contribution in [0.25, 0.3) is 0 Å². The van der Waals surface area contributed by atoms with E-state index in [4.69, 9.17) is 4.74 Å². The predicted octanol–water partition coefficient (Wildman–Crippen LogP) is 2.01. The van der Waals surface area contributed by atoms with Crippen LogP contribution in [0.3, 0.4) is 0 Å². The lowest BCUT2D eigenvalue weighted by atomic mass is 10.1. The number of aliphatic hydroxyl groups is 1. The molecule has 0 bridgehead atoms. The smallest absolute Gasteiger partial charge is 0.118 e. The zero-order chi connectivity index (χ0) is 10.2. The Labute approximate surface area is 84.5 Å². The number of hydrogen-bond donors (Lipinski definition) is 1. The van der Waals surface area contributed by atoms with Crippen molar-refractivity contribution >= 4 is 0 Å². The summed E-state index contributed by atoms with van der Waals surface area (Å²) in [5, 5.41) is 9.95. The first kappa shape index (κ1) is 9.53. The van der Waals surface area contributed by atoms with Gasteiger partial charge in [-0.25, -0.2) is 0 Å². The summed E-state index contributed by atoms with van der Waals surface area (Å²) in [6, 6.07) is 7.90. The topological polar surface area (TPSA) is 29.5 Å². The van der Waals surface area contributed by atoms with Gasteiger partial charge >= 0.3 is 0 Å². The van der Waals surface area contributed by atoms with Gasteiger partial charge < -0.3 is 9.84 Å². The lowest BCUT2D eigenvalue weighted by Gasteiger charge is -2.09. The second-order valence-electron chi connectivity index (χ2n) is 4.23. The molecule has 0 amide bonds. The van der Waals surface area contributed by atoms with Crippen molar-refractivity contribution in [3.05, 3.63) is 29.8 Å². The molecule has 1 fully saturated rings. The second kappa shape index (κ2) is 3.28. The van der Waals surface area contributed by atoms with Crippen LogP contribution < -0.4 is 4.74 Å². The summed E-state index contributed by atoms with van der Waals surface area (Å²) < 4.78 is 5.07. The third-order valence-electron chi connectivity index (χ3n) is 3.09. The molecule has 1 aliphatic rings. The molecule has 0 spiro atoms. The van der Waals surface area contributed by atoms with Crippen molar-refractivity contribution in [2.45, 2.75) is 25.4 Å². The Balaban J connectivity index is 2.04. The maximum absolute atomic E-state index is 9.95. The molecule has 2 atom stereocenters. The maximum atomic E-state index is 9.95. The normalized spacial score (nSPS) is 30.1. The van der Waals surface area contributed by atoms with Crippen LogP contribution in [0.15, 0.2) is 24.3 Å². The molecule has 14 heavy (non-hydrogen) atoms. The molecule has 2 nitrogen and oxygen atoms in total. The Bertz CT molecular complexity index is 318. The minimum atomic E-state index is -0.436. The van der Waals surface area contributed by atoms with Crippen LogP contribution in [0.4, 0.5) is 0 Å². The SMILES string of the molecule is COc1ccc(CC2(O)CC2C)cc1. The summed E-state index contributed by atoms with van der Waals surface area (Å²) in [5.41, 5.74) is 0.742. The largest absolute Gasteiger partial charge is 0.497 e. The van der Waals surface area contributed by atoms with Gasteiger partial charge in [0.25, 0.3) is 0 Å². The van der Waals surface area contributed by atoms with Crippen LogP contribution in [-0.4, -0.2) is 17.8 Å². The molecule has 0 radical (unpaired) electrons. The van der Waals surface area contributed by atoms with E-state index in [1.165, 1.54) is 5.56 Å². The Hall–Kier alpha value is -1.02. The van der Waals surface area contributed by atoms with E-state index in [-0.39, 0.29) is 0 Å².